The van der Waals surface area contributed by atoms with Gasteiger partial charge in [-0.3, -0.25) is 4.79 Å². The molecule has 3 N–H and O–H groups in total. The van der Waals surface area contributed by atoms with E-state index < -0.39 is 0 Å². The van der Waals surface area contributed by atoms with Crippen molar-refractivity contribution in [1.82, 2.24) is 5.32 Å². The lowest BCUT2D eigenvalue weighted by atomic mass is 9.95. The highest BCUT2D eigenvalue weighted by atomic mass is 16.3. The maximum atomic E-state index is 12.2. The molecule has 0 unspecified atom stereocenters. The zero-order chi connectivity index (χ0) is 20.4. The first-order valence-corrected chi connectivity index (χ1v) is 10.4. The maximum Gasteiger partial charge on any atom is 0.220 e. The second-order valence-electron chi connectivity index (χ2n) is 7.41. The number of unbranched alkanes of at least 4 members (excludes halogenated alkanes) is 2. The molecular weight excluding hydrogens is 350 g/mol. The lowest BCUT2D eigenvalue weighted by molar-refractivity contribution is -0.121. The Labute approximate surface area is 168 Å². The molecule has 2 rings (SSSR count). The highest BCUT2D eigenvalue weighted by Crippen LogP contribution is 2.28. The second kappa shape index (κ2) is 11.4. The zero-order valence-electron chi connectivity index (χ0n) is 17.1. The average Bonchev–Trinajstić information content (AvgIpc) is 2.70. The topological polar surface area (TPSA) is 69.6 Å². The molecular formula is C24H33NO3. The van der Waals surface area contributed by atoms with Gasteiger partial charge in [-0.2, -0.15) is 0 Å². The molecule has 0 saturated carbocycles. The van der Waals surface area contributed by atoms with E-state index in [0.29, 0.717) is 25.1 Å². The molecule has 0 radical (unpaired) electrons. The summed E-state index contributed by atoms with van der Waals surface area (Å²) in [5.41, 5.74) is 4.10. The number of rotatable bonds is 11. The van der Waals surface area contributed by atoms with Crippen molar-refractivity contribution in [3.05, 3.63) is 58.7 Å². The predicted octanol–water partition coefficient (Wildman–Crippen LogP) is 5.03. The Hall–Kier alpha value is -2.49. The predicted molar refractivity (Wildman–Crippen MR) is 114 cm³/mol. The molecule has 0 atom stereocenters. The van der Waals surface area contributed by atoms with E-state index >= 15 is 0 Å². The first kappa shape index (κ1) is 21.8. The molecule has 0 spiro atoms. The van der Waals surface area contributed by atoms with Crippen LogP contribution in [0.2, 0.25) is 0 Å². The van der Waals surface area contributed by atoms with Gasteiger partial charge >= 0.3 is 0 Å². The maximum absolute atomic E-state index is 12.2. The average molecular weight is 384 g/mol. The summed E-state index contributed by atoms with van der Waals surface area (Å²) < 4.78 is 0. The molecule has 0 aromatic heterocycles. The number of benzene rings is 2. The van der Waals surface area contributed by atoms with E-state index in [-0.39, 0.29) is 11.7 Å². The van der Waals surface area contributed by atoms with Gasteiger partial charge < -0.3 is 15.5 Å². The van der Waals surface area contributed by atoms with Gasteiger partial charge in [0.1, 0.15) is 11.5 Å². The fraction of sp³-hybridized carbons (Fsp3) is 0.458. The molecule has 0 bridgehead atoms. The third-order valence-corrected chi connectivity index (χ3v) is 4.99. The van der Waals surface area contributed by atoms with Crippen LogP contribution < -0.4 is 5.32 Å². The van der Waals surface area contributed by atoms with Gasteiger partial charge in [0, 0.05) is 13.0 Å². The third-order valence-electron chi connectivity index (χ3n) is 4.99. The Balaban J connectivity index is 1.96. The molecule has 0 fully saturated rings. The van der Waals surface area contributed by atoms with Gasteiger partial charge in [-0.1, -0.05) is 51.0 Å². The number of phenolic OH excluding ortho intramolecular Hbond substituents is 2. The van der Waals surface area contributed by atoms with Gasteiger partial charge in [0.05, 0.1) is 0 Å². The normalized spacial score (nSPS) is 10.8. The van der Waals surface area contributed by atoms with Crippen molar-refractivity contribution in [3.63, 3.8) is 0 Å². The number of hydrogen-bond acceptors (Lipinski definition) is 3. The van der Waals surface area contributed by atoms with E-state index in [4.69, 9.17) is 0 Å². The van der Waals surface area contributed by atoms with Gasteiger partial charge in [-0.25, -0.2) is 0 Å². The van der Waals surface area contributed by atoms with Crippen molar-refractivity contribution in [2.75, 3.05) is 0 Å². The Morgan fingerprint density at radius 3 is 1.96 bits per heavy atom. The van der Waals surface area contributed by atoms with Crippen LogP contribution in [-0.2, 0) is 30.6 Å². The Morgan fingerprint density at radius 2 is 1.43 bits per heavy atom. The summed E-state index contributed by atoms with van der Waals surface area (Å²) in [5, 5.41) is 22.8. The van der Waals surface area contributed by atoms with E-state index in [0.717, 1.165) is 60.8 Å². The summed E-state index contributed by atoms with van der Waals surface area (Å²) in [5.74, 6) is 0.675. The Bertz CT molecular complexity index is 724. The van der Waals surface area contributed by atoms with Gasteiger partial charge in [0.2, 0.25) is 5.91 Å². The van der Waals surface area contributed by atoms with Gasteiger partial charge in [0.25, 0.3) is 0 Å². The molecule has 0 saturated heterocycles. The summed E-state index contributed by atoms with van der Waals surface area (Å²) in [7, 11) is 0. The lowest BCUT2D eigenvalue weighted by Gasteiger charge is -2.13. The van der Waals surface area contributed by atoms with Crippen molar-refractivity contribution >= 4 is 5.91 Å². The van der Waals surface area contributed by atoms with Crippen LogP contribution in [-0.4, -0.2) is 16.1 Å². The van der Waals surface area contributed by atoms with E-state index in [1.165, 1.54) is 0 Å². The van der Waals surface area contributed by atoms with E-state index in [1.807, 2.05) is 0 Å². The quantitative estimate of drug-likeness (QED) is 0.509. The van der Waals surface area contributed by atoms with Crippen molar-refractivity contribution in [2.24, 2.45) is 0 Å². The smallest absolute Gasteiger partial charge is 0.220 e. The van der Waals surface area contributed by atoms with Gasteiger partial charge in [0.15, 0.2) is 0 Å². The number of carbonyl (C=O) groups excluding carboxylic acids is 1. The number of aromatic hydroxyl groups is 2. The summed E-state index contributed by atoms with van der Waals surface area (Å²) in [4.78, 5) is 12.2. The largest absolute Gasteiger partial charge is 0.508 e. The van der Waals surface area contributed by atoms with E-state index in [1.54, 1.807) is 24.3 Å². The summed E-state index contributed by atoms with van der Waals surface area (Å²) >= 11 is 0. The molecule has 0 aliphatic carbocycles. The van der Waals surface area contributed by atoms with Crippen molar-refractivity contribution in [1.29, 1.82) is 0 Å². The second-order valence-corrected chi connectivity index (χ2v) is 7.41. The van der Waals surface area contributed by atoms with Crippen molar-refractivity contribution in [3.8, 4) is 11.5 Å². The zero-order valence-corrected chi connectivity index (χ0v) is 17.1. The van der Waals surface area contributed by atoms with Crippen LogP contribution in [0.15, 0.2) is 36.4 Å². The van der Waals surface area contributed by atoms with Crippen LogP contribution in [0.5, 0.6) is 11.5 Å². The SMILES string of the molecule is CCCCc1cc(CCC(=O)NCc2ccc(O)cc2)cc(CCCC)c1O. The highest BCUT2D eigenvalue weighted by molar-refractivity contribution is 5.76. The molecule has 4 heteroatoms. The fourth-order valence-corrected chi connectivity index (χ4v) is 3.25. The summed E-state index contributed by atoms with van der Waals surface area (Å²) in [6, 6.07) is 11.0. The number of hydrogen-bond donors (Lipinski definition) is 3. The lowest BCUT2D eigenvalue weighted by Crippen LogP contribution is -2.23. The molecule has 0 aliphatic heterocycles. The molecule has 28 heavy (non-hydrogen) atoms. The Kier molecular flexibility index (Phi) is 8.86. The first-order chi connectivity index (χ1) is 13.5. The standard InChI is InChI=1S/C24H33NO3/c1-3-5-7-20-15-19(16-21(24(20)28)8-6-4-2)11-14-23(27)25-17-18-9-12-22(26)13-10-18/h9-10,12-13,15-16,26,28H,3-8,11,14,17H2,1-2H3,(H,25,27). The Morgan fingerprint density at radius 1 is 0.857 bits per heavy atom. The number of carbonyl (C=O) groups is 1. The number of phenols is 2. The molecule has 152 valence electrons. The molecule has 2 aromatic carbocycles. The third kappa shape index (κ3) is 6.91. The van der Waals surface area contributed by atoms with E-state index in [9.17, 15) is 15.0 Å². The minimum atomic E-state index is 0.00589. The van der Waals surface area contributed by atoms with Gasteiger partial charge in [-0.05, 0) is 66.5 Å². The summed E-state index contributed by atoms with van der Waals surface area (Å²) in [6.45, 7) is 4.76. The molecule has 4 nitrogen and oxygen atoms in total. The molecule has 0 aliphatic rings. The molecule has 0 heterocycles. The van der Waals surface area contributed by atoms with Crippen molar-refractivity contribution in [2.45, 2.75) is 71.8 Å². The van der Waals surface area contributed by atoms with Crippen LogP contribution in [0.3, 0.4) is 0 Å². The monoisotopic (exact) mass is 383 g/mol. The fourth-order valence-electron chi connectivity index (χ4n) is 3.25. The first-order valence-electron chi connectivity index (χ1n) is 10.4. The summed E-state index contributed by atoms with van der Waals surface area (Å²) in [6.07, 6.45) is 7.13. The minimum absolute atomic E-state index is 0.00589. The van der Waals surface area contributed by atoms with E-state index in [2.05, 4.69) is 31.3 Å². The number of aryl methyl sites for hydroxylation is 3. The van der Waals surface area contributed by atoms with Crippen molar-refractivity contribution < 1.29 is 15.0 Å². The van der Waals surface area contributed by atoms with Crippen LogP contribution in [0.4, 0.5) is 0 Å². The molecule has 1 amide bonds. The highest BCUT2D eigenvalue weighted by Gasteiger charge is 2.11. The minimum Gasteiger partial charge on any atom is -0.508 e. The molecule has 2 aromatic rings. The van der Waals surface area contributed by atoms with Crippen LogP contribution >= 0.6 is 0 Å². The van der Waals surface area contributed by atoms with Crippen LogP contribution in [0, 0.1) is 0 Å². The number of amides is 1. The van der Waals surface area contributed by atoms with Gasteiger partial charge in [-0.15, -0.1) is 0 Å². The number of nitrogens with one attached hydrogen (secondary N) is 1. The van der Waals surface area contributed by atoms with Crippen LogP contribution in [0.25, 0.3) is 0 Å². The van der Waals surface area contributed by atoms with Crippen LogP contribution in [0.1, 0.15) is 68.2 Å².